The van der Waals surface area contributed by atoms with Gasteiger partial charge < -0.3 is 5.73 Å². The molecule has 1 saturated heterocycles. The van der Waals surface area contributed by atoms with Gasteiger partial charge in [-0.25, -0.2) is 17.7 Å². The molecule has 6 heteroatoms. The number of aromatic nitrogens is 1. The maximum atomic E-state index is 11.4. The van der Waals surface area contributed by atoms with Crippen LogP contribution in [0, 0.1) is 0 Å². The zero-order valence-corrected chi connectivity index (χ0v) is 10.7. The molecule has 0 bridgehead atoms. The normalized spacial score (nSPS) is 19.4. The van der Waals surface area contributed by atoms with Crippen LogP contribution >= 0.6 is 0 Å². The van der Waals surface area contributed by atoms with Gasteiger partial charge in [0.2, 0.25) is 10.0 Å². The molecule has 0 aliphatic carbocycles. The summed E-state index contributed by atoms with van der Waals surface area (Å²) in [6.07, 6.45) is 4.74. The van der Waals surface area contributed by atoms with Crippen LogP contribution in [0.1, 0.15) is 24.3 Å². The molecule has 0 aromatic carbocycles. The number of hydrogen-bond donors (Lipinski definition) is 1. The van der Waals surface area contributed by atoms with Crippen molar-refractivity contribution in [3.05, 3.63) is 23.9 Å². The van der Waals surface area contributed by atoms with E-state index in [-0.39, 0.29) is 0 Å². The summed E-state index contributed by atoms with van der Waals surface area (Å²) in [6, 6.07) is 3.77. The largest absolute Gasteiger partial charge is 0.384 e. The number of sulfonamides is 1. The molecule has 2 rings (SSSR count). The summed E-state index contributed by atoms with van der Waals surface area (Å²) < 4.78 is 24.3. The van der Waals surface area contributed by atoms with E-state index in [9.17, 15) is 8.42 Å². The number of nitrogens with two attached hydrogens (primary N) is 1. The van der Waals surface area contributed by atoms with E-state index < -0.39 is 10.0 Å². The lowest BCUT2D eigenvalue weighted by atomic mass is 9.91. The Labute approximate surface area is 102 Å². The molecule has 0 saturated carbocycles. The summed E-state index contributed by atoms with van der Waals surface area (Å²) in [5.41, 5.74) is 6.68. The highest BCUT2D eigenvalue weighted by molar-refractivity contribution is 7.88. The average molecular weight is 255 g/mol. The summed E-state index contributed by atoms with van der Waals surface area (Å²) >= 11 is 0. The molecule has 2 N–H and O–H groups in total. The SMILES string of the molecule is CS(=O)(=O)N1CCC(c2ccc(N)nc2)CC1. The molecule has 0 amide bonds. The molecular formula is C11H17N3O2S. The van der Waals surface area contributed by atoms with Crippen molar-refractivity contribution >= 4 is 15.8 Å². The minimum absolute atomic E-state index is 0.390. The van der Waals surface area contributed by atoms with Crippen LogP contribution in [0.3, 0.4) is 0 Å². The number of pyridine rings is 1. The molecule has 1 aliphatic heterocycles. The molecule has 5 nitrogen and oxygen atoms in total. The lowest BCUT2D eigenvalue weighted by molar-refractivity contribution is 0.321. The highest BCUT2D eigenvalue weighted by atomic mass is 32.2. The Morgan fingerprint density at radius 2 is 2.00 bits per heavy atom. The first-order valence-electron chi connectivity index (χ1n) is 5.63. The molecule has 1 aromatic heterocycles. The second kappa shape index (κ2) is 4.62. The van der Waals surface area contributed by atoms with Crippen LogP contribution in [0.25, 0.3) is 0 Å². The summed E-state index contributed by atoms with van der Waals surface area (Å²) in [4.78, 5) is 4.07. The Bertz CT molecular complexity index is 476. The van der Waals surface area contributed by atoms with Gasteiger partial charge in [0, 0.05) is 19.3 Å². The van der Waals surface area contributed by atoms with Crippen molar-refractivity contribution in [2.75, 3.05) is 25.1 Å². The second-order valence-electron chi connectivity index (χ2n) is 4.45. The Morgan fingerprint density at radius 1 is 1.35 bits per heavy atom. The van der Waals surface area contributed by atoms with Crippen molar-refractivity contribution in [1.82, 2.24) is 9.29 Å². The quantitative estimate of drug-likeness (QED) is 0.848. The first-order chi connectivity index (χ1) is 7.97. The highest BCUT2D eigenvalue weighted by Gasteiger charge is 2.25. The van der Waals surface area contributed by atoms with Gasteiger partial charge in [-0.2, -0.15) is 0 Å². The maximum Gasteiger partial charge on any atom is 0.211 e. The second-order valence-corrected chi connectivity index (χ2v) is 6.44. The predicted octanol–water partition coefficient (Wildman–Crippen LogP) is 0.803. The van der Waals surface area contributed by atoms with E-state index in [2.05, 4.69) is 4.98 Å². The van der Waals surface area contributed by atoms with E-state index in [1.165, 1.54) is 10.6 Å². The zero-order chi connectivity index (χ0) is 12.5. The van der Waals surface area contributed by atoms with Crippen molar-refractivity contribution in [2.45, 2.75) is 18.8 Å². The minimum Gasteiger partial charge on any atom is -0.384 e. The van der Waals surface area contributed by atoms with Crippen molar-refractivity contribution in [2.24, 2.45) is 0 Å². The standard InChI is InChI=1S/C11H17N3O2S/c1-17(15,16)14-6-4-9(5-7-14)10-2-3-11(12)13-8-10/h2-3,8-9H,4-7H2,1H3,(H2,12,13). The van der Waals surface area contributed by atoms with Crippen LogP contribution in [0.2, 0.25) is 0 Å². The topological polar surface area (TPSA) is 76.3 Å². The minimum atomic E-state index is -3.04. The molecule has 17 heavy (non-hydrogen) atoms. The third kappa shape index (κ3) is 2.95. The van der Waals surface area contributed by atoms with Crippen LogP contribution in [0.5, 0.6) is 0 Å². The van der Waals surface area contributed by atoms with Gasteiger partial charge in [0.1, 0.15) is 5.82 Å². The summed E-state index contributed by atoms with van der Waals surface area (Å²) in [5, 5.41) is 0. The lowest BCUT2D eigenvalue weighted by Crippen LogP contribution is -2.37. The van der Waals surface area contributed by atoms with Gasteiger partial charge in [0.25, 0.3) is 0 Å². The lowest BCUT2D eigenvalue weighted by Gasteiger charge is -2.30. The molecule has 0 spiro atoms. The molecule has 2 heterocycles. The molecular weight excluding hydrogens is 238 g/mol. The Balaban J connectivity index is 2.02. The van der Waals surface area contributed by atoms with Crippen LogP contribution in [-0.2, 0) is 10.0 Å². The van der Waals surface area contributed by atoms with Gasteiger partial charge in [0.05, 0.1) is 6.26 Å². The van der Waals surface area contributed by atoms with E-state index in [0.29, 0.717) is 24.8 Å². The van der Waals surface area contributed by atoms with Gasteiger partial charge in [-0.1, -0.05) is 6.07 Å². The highest BCUT2D eigenvalue weighted by Crippen LogP contribution is 2.28. The first-order valence-corrected chi connectivity index (χ1v) is 7.48. The van der Waals surface area contributed by atoms with Crippen LogP contribution < -0.4 is 5.73 Å². The third-order valence-electron chi connectivity index (χ3n) is 3.20. The fraction of sp³-hybridized carbons (Fsp3) is 0.545. The molecule has 0 unspecified atom stereocenters. The monoisotopic (exact) mass is 255 g/mol. The fourth-order valence-corrected chi connectivity index (χ4v) is 3.05. The van der Waals surface area contributed by atoms with Crippen molar-refractivity contribution < 1.29 is 8.42 Å². The Morgan fingerprint density at radius 3 is 2.47 bits per heavy atom. The first kappa shape index (κ1) is 12.3. The number of anilines is 1. The van der Waals surface area contributed by atoms with Crippen LogP contribution in [0.4, 0.5) is 5.82 Å². The smallest absolute Gasteiger partial charge is 0.211 e. The molecule has 0 radical (unpaired) electrons. The van der Waals surface area contributed by atoms with Gasteiger partial charge >= 0.3 is 0 Å². The van der Waals surface area contributed by atoms with E-state index in [0.717, 1.165) is 18.4 Å². The van der Waals surface area contributed by atoms with Gasteiger partial charge in [-0.05, 0) is 30.4 Å². The molecule has 94 valence electrons. The Hall–Kier alpha value is -1.14. The van der Waals surface area contributed by atoms with Crippen molar-refractivity contribution in [1.29, 1.82) is 0 Å². The molecule has 1 fully saturated rings. The van der Waals surface area contributed by atoms with Gasteiger partial charge in [-0.3, -0.25) is 0 Å². The van der Waals surface area contributed by atoms with E-state index in [1.807, 2.05) is 6.07 Å². The Kier molecular flexibility index (Phi) is 3.35. The van der Waals surface area contributed by atoms with Crippen molar-refractivity contribution in [3.63, 3.8) is 0 Å². The molecule has 0 atom stereocenters. The van der Waals surface area contributed by atoms with Gasteiger partial charge in [-0.15, -0.1) is 0 Å². The molecule has 1 aromatic rings. The number of hydrogen-bond acceptors (Lipinski definition) is 4. The summed E-state index contributed by atoms with van der Waals surface area (Å²) in [5.74, 6) is 0.906. The van der Waals surface area contributed by atoms with E-state index in [1.54, 1.807) is 12.3 Å². The third-order valence-corrected chi connectivity index (χ3v) is 4.51. The summed E-state index contributed by atoms with van der Waals surface area (Å²) in [7, 11) is -3.04. The average Bonchev–Trinajstić information content (AvgIpc) is 2.29. The van der Waals surface area contributed by atoms with Crippen LogP contribution in [0.15, 0.2) is 18.3 Å². The van der Waals surface area contributed by atoms with E-state index >= 15 is 0 Å². The molecule has 1 aliphatic rings. The summed E-state index contributed by atoms with van der Waals surface area (Å²) in [6.45, 7) is 1.18. The number of nitrogen functional groups attached to an aromatic ring is 1. The van der Waals surface area contributed by atoms with Gasteiger partial charge in [0.15, 0.2) is 0 Å². The zero-order valence-electron chi connectivity index (χ0n) is 9.83. The number of nitrogens with zero attached hydrogens (tertiary/aromatic N) is 2. The van der Waals surface area contributed by atoms with E-state index in [4.69, 9.17) is 5.73 Å². The number of rotatable bonds is 2. The fourth-order valence-electron chi connectivity index (χ4n) is 2.18. The van der Waals surface area contributed by atoms with Crippen molar-refractivity contribution in [3.8, 4) is 0 Å². The maximum absolute atomic E-state index is 11.4. The predicted molar refractivity (Wildman–Crippen MR) is 67.0 cm³/mol. The van der Waals surface area contributed by atoms with Crippen LogP contribution in [-0.4, -0.2) is 37.1 Å². The number of piperidine rings is 1.